The molecule has 1 aliphatic carbocycles. The van der Waals surface area contributed by atoms with Gasteiger partial charge in [0, 0.05) is 11.1 Å². The van der Waals surface area contributed by atoms with E-state index < -0.39 is 0 Å². The van der Waals surface area contributed by atoms with Crippen LogP contribution in [0.2, 0.25) is 5.02 Å². The smallest absolute Gasteiger partial charge is 0.0406 e. The molecule has 1 aromatic rings. The zero-order chi connectivity index (χ0) is 9.26. The fourth-order valence-corrected chi connectivity index (χ4v) is 1.88. The number of rotatable bonds is 2. The average molecular weight is 196 g/mol. The summed E-state index contributed by atoms with van der Waals surface area (Å²) in [5, 5.41) is 0.782. The van der Waals surface area contributed by atoms with Gasteiger partial charge in [0.25, 0.3) is 0 Å². The van der Waals surface area contributed by atoms with Gasteiger partial charge in [-0.05, 0) is 36.5 Å². The van der Waals surface area contributed by atoms with Crippen molar-refractivity contribution in [2.24, 2.45) is 11.7 Å². The Bertz CT molecular complexity index is 277. The van der Waals surface area contributed by atoms with Gasteiger partial charge in [-0.25, -0.2) is 0 Å². The molecule has 13 heavy (non-hydrogen) atoms. The maximum atomic E-state index is 6.11. The highest BCUT2D eigenvalue weighted by atomic mass is 35.5. The molecule has 0 saturated heterocycles. The molecular formula is C11H14ClN. The van der Waals surface area contributed by atoms with Crippen molar-refractivity contribution in [3.8, 4) is 0 Å². The third kappa shape index (κ3) is 1.87. The van der Waals surface area contributed by atoms with Crippen LogP contribution in [0.1, 0.15) is 30.9 Å². The molecule has 0 radical (unpaired) electrons. The summed E-state index contributed by atoms with van der Waals surface area (Å²) >= 11 is 5.80. The molecule has 0 spiro atoms. The van der Waals surface area contributed by atoms with Crippen molar-refractivity contribution in [2.75, 3.05) is 0 Å². The number of benzene rings is 1. The van der Waals surface area contributed by atoms with Crippen molar-refractivity contribution >= 4 is 11.6 Å². The Hall–Kier alpha value is -0.530. The first-order valence-electron chi connectivity index (χ1n) is 4.78. The molecule has 0 aliphatic heterocycles. The number of hydrogen-bond acceptors (Lipinski definition) is 1. The molecule has 2 N–H and O–H groups in total. The fourth-order valence-electron chi connectivity index (χ4n) is 1.76. The highest BCUT2D eigenvalue weighted by Gasteiger charge is 2.25. The van der Waals surface area contributed by atoms with Crippen LogP contribution in [-0.4, -0.2) is 0 Å². The van der Waals surface area contributed by atoms with E-state index in [0.717, 1.165) is 5.02 Å². The van der Waals surface area contributed by atoms with Crippen molar-refractivity contribution in [1.82, 2.24) is 0 Å². The van der Waals surface area contributed by atoms with E-state index in [1.54, 1.807) is 0 Å². The second-order valence-corrected chi connectivity index (χ2v) is 4.20. The van der Waals surface area contributed by atoms with Crippen molar-refractivity contribution < 1.29 is 0 Å². The summed E-state index contributed by atoms with van der Waals surface area (Å²) in [6.45, 7) is 0. The lowest BCUT2D eigenvalue weighted by molar-refractivity contribution is 0.264. The number of hydrogen-bond donors (Lipinski definition) is 1. The van der Waals surface area contributed by atoms with E-state index in [0.29, 0.717) is 5.92 Å². The molecule has 2 rings (SSSR count). The molecule has 1 fully saturated rings. The van der Waals surface area contributed by atoms with Gasteiger partial charge in [-0.15, -0.1) is 0 Å². The van der Waals surface area contributed by atoms with Crippen molar-refractivity contribution in [2.45, 2.75) is 25.3 Å². The van der Waals surface area contributed by atoms with Crippen LogP contribution in [0.3, 0.4) is 0 Å². The average Bonchev–Trinajstić information content (AvgIpc) is 2.02. The van der Waals surface area contributed by atoms with Crippen LogP contribution in [0.5, 0.6) is 0 Å². The minimum absolute atomic E-state index is 0.214. The van der Waals surface area contributed by atoms with Gasteiger partial charge in [0.1, 0.15) is 0 Å². The highest BCUT2D eigenvalue weighted by Crippen LogP contribution is 2.36. The van der Waals surface area contributed by atoms with Gasteiger partial charge in [-0.3, -0.25) is 0 Å². The first-order valence-corrected chi connectivity index (χ1v) is 5.16. The van der Waals surface area contributed by atoms with Crippen LogP contribution in [-0.2, 0) is 0 Å². The predicted molar refractivity (Wildman–Crippen MR) is 55.7 cm³/mol. The third-order valence-corrected chi connectivity index (χ3v) is 3.16. The lowest BCUT2D eigenvalue weighted by atomic mass is 9.78. The van der Waals surface area contributed by atoms with Gasteiger partial charge in [0.2, 0.25) is 0 Å². The molecular weight excluding hydrogens is 182 g/mol. The van der Waals surface area contributed by atoms with E-state index >= 15 is 0 Å². The van der Waals surface area contributed by atoms with Crippen LogP contribution < -0.4 is 5.73 Å². The summed E-state index contributed by atoms with van der Waals surface area (Å²) in [5.41, 5.74) is 7.32. The summed E-state index contributed by atoms with van der Waals surface area (Å²) in [6.07, 6.45) is 3.90. The highest BCUT2D eigenvalue weighted by molar-refractivity contribution is 6.30. The van der Waals surface area contributed by atoms with E-state index in [9.17, 15) is 0 Å². The van der Waals surface area contributed by atoms with Crippen LogP contribution in [0.15, 0.2) is 24.3 Å². The molecule has 0 unspecified atom stereocenters. The molecule has 0 amide bonds. The Labute approximate surface area is 83.9 Å². The lowest BCUT2D eigenvalue weighted by Crippen LogP contribution is -2.26. The normalized spacial score (nSPS) is 19.5. The standard InChI is InChI=1S/C11H14ClN/c12-10-6-4-9(5-7-10)11(13)8-2-1-3-8/h4-8,11H,1-3,13H2/t11-/m1/s1. The van der Waals surface area contributed by atoms with Gasteiger partial charge < -0.3 is 5.73 Å². The topological polar surface area (TPSA) is 26.0 Å². The van der Waals surface area contributed by atoms with Gasteiger partial charge in [0.05, 0.1) is 0 Å². The minimum Gasteiger partial charge on any atom is -0.324 e. The van der Waals surface area contributed by atoms with Crippen LogP contribution in [0.25, 0.3) is 0 Å². The molecule has 2 heteroatoms. The van der Waals surface area contributed by atoms with E-state index in [-0.39, 0.29) is 6.04 Å². The Balaban J connectivity index is 2.10. The van der Waals surface area contributed by atoms with Gasteiger partial charge in [-0.2, -0.15) is 0 Å². The Kier molecular flexibility index (Phi) is 2.56. The summed E-state index contributed by atoms with van der Waals surface area (Å²) in [5.74, 6) is 0.696. The maximum Gasteiger partial charge on any atom is 0.0406 e. The van der Waals surface area contributed by atoms with E-state index in [2.05, 4.69) is 0 Å². The zero-order valence-electron chi connectivity index (χ0n) is 7.54. The van der Waals surface area contributed by atoms with Gasteiger partial charge in [-0.1, -0.05) is 30.2 Å². The Morgan fingerprint density at radius 1 is 1.23 bits per heavy atom. The van der Waals surface area contributed by atoms with Gasteiger partial charge in [0.15, 0.2) is 0 Å². The molecule has 0 bridgehead atoms. The van der Waals surface area contributed by atoms with Crippen molar-refractivity contribution in [1.29, 1.82) is 0 Å². The lowest BCUT2D eigenvalue weighted by Gasteiger charge is -2.31. The molecule has 0 heterocycles. The van der Waals surface area contributed by atoms with Crippen LogP contribution >= 0.6 is 11.6 Å². The predicted octanol–water partition coefficient (Wildman–Crippen LogP) is 3.14. The second kappa shape index (κ2) is 3.69. The van der Waals surface area contributed by atoms with E-state index in [1.807, 2.05) is 24.3 Å². The number of halogens is 1. The maximum absolute atomic E-state index is 6.11. The zero-order valence-corrected chi connectivity index (χ0v) is 8.30. The molecule has 0 aromatic heterocycles. The van der Waals surface area contributed by atoms with Gasteiger partial charge >= 0.3 is 0 Å². The summed E-state index contributed by atoms with van der Waals surface area (Å²) in [7, 11) is 0. The van der Waals surface area contributed by atoms with Crippen LogP contribution in [0, 0.1) is 5.92 Å². The first-order chi connectivity index (χ1) is 6.27. The summed E-state index contributed by atoms with van der Waals surface area (Å²) in [4.78, 5) is 0. The summed E-state index contributed by atoms with van der Waals surface area (Å²) in [6, 6.07) is 8.10. The molecule has 1 atom stereocenters. The number of nitrogens with two attached hydrogens (primary N) is 1. The van der Waals surface area contributed by atoms with Crippen molar-refractivity contribution in [3.05, 3.63) is 34.9 Å². The SMILES string of the molecule is N[C@@H](c1ccc(Cl)cc1)C1CCC1. The largest absolute Gasteiger partial charge is 0.324 e. The van der Waals surface area contributed by atoms with Crippen LogP contribution in [0.4, 0.5) is 0 Å². The molecule has 1 aliphatic rings. The quantitative estimate of drug-likeness (QED) is 0.771. The monoisotopic (exact) mass is 195 g/mol. The second-order valence-electron chi connectivity index (χ2n) is 3.77. The van der Waals surface area contributed by atoms with Crippen molar-refractivity contribution in [3.63, 3.8) is 0 Å². The molecule has 70 valence electrons. The molecule has 1 saturated carbocycles. The Morgan fingerprint density at radius 3 is 2.31 bits per heavy atom. The molecule has 1 nitrogen and oxygen atoms in total. The minimum atomic E-state index is 0.214. The first kappa shape index (κ1) is 9.04. The molecule has 1 aromatic carbocycles. The Morgan fingerprint density at radius 2 is 1.85 bits per heavy atom. The van der Waals surface area contributed by atoms with E-state index in [4.69, 9.17) is 17.3 Å². The fraction of sp³-hybridized carbons (Fsp3) is 0.455. The third-order valence-electron chi connectivity index (χ3n) is 2.91. The summed E-state index contributed by atoms with van der Waals surface area (Å²) < 4.78 is 0. The van der Waals surface area contributed by atoms with E-state index in [1.165, 1.54) is 24.8 Å².